The average molecular weight is 359 g/mol. The van der Waals surface area contributed by atoms with Gasteiger partial charge in [0.15, 0.2) is 0 Å². The number of hydrogen-bond donors (Lipinski definition) is 0. The van der Waals surface area contributed by atoms with Crippen LogP contribution in [-0.2, 0) is 6.54 Å². The third kappa shape index (κ3) is 4.02. The number of carbonyl (C=O) groups excluding carboxylic acids is 1. The van der Waals surface area contributed by atoms with Crippen LogP contribution >= 0.6 is 11.3 Å². The number of aryl methyl sites for hydroxylation is 1. The maximum Gasteiger partial charge on any atom is 0.273 e. The number of piperazine rings is 1. The Hall–Kier alpha value is -1.92. The Morgan fingerprint density at radius 3 is 2.76 bits per heavy atom. The minimum Gasteiger partial charge on any atom is -0.367 e. The third-order valence-electron chi connectivity index (χ3n) is 4.57. The van der Waals surface area contributed by atoms with E-state index < -0.39 is 0 Å². The van der Waals surface area contributed by atoms with Crippen LogP contribution < -0.4 is 4.90 Å². The fourth-order valence-electron chi connectivity index (χ4n) is 3.30. The number of anilines is 1. The van der Waals surface area contributed by atoms with Gasteiger partial charge in [0.25, 0.3) is 5.91 Å². The molecule has 25 heavy (non-hydrogen) atoms. The lowest BCUT2D eigenvalue weighted by Crippen LogP contribution is -2.54. The Bertz CT molecular complexity index is 743. The fraction of sp³-hybridized carbons (Fsp3) is 0.474. The molecule has 1 atom stereocenters. The summed E-state index contributed by atoms with van der Waals surface area (Å²) >= 11 is 1.56. The van der Waals surface area contributed by atoms with Crippen LogP contribution in [0.2, 0.25) is 0 Å². The van der Waals surface area contributed by atoms with Crippen LogP contribution in [0, 0.1) is 6.92 Å². The van der Waals surface area contributed by atoms with Gasteiger partial charge in [0.05, 0.1) is 0 Å². The van der Waals surface area contributed by atoms with Gasteiger partial charge in [0.2, 0.25) is 0 Å². The largest absolute Gasteiger partial charge is 0.367 e. The first-order valence-corrected chi connectivity index (χ1v) is 9.54. The molecule has 134 valence electrons. The van der Waals surface area contributed by atoms with Gasteiger partial charge in [-0.1, -0.05) is 18.2 Å². The molecule has 1 aromatic heterocycles. The van der Waals surface area contributed by atoms with Crippen molar-refractivity contribution in [3.05, 3.63) is 45.9 Å². The van der Waals surface area contributed by atoms with E-state index in [-0.39, 0.29) is 11.9 Å². The van der Waals surface area contributed by atoms with E-state index in [2.05, 4.69) is 52.9 Å². The van der Waals surface area contributed by atoms with Gasteiger partial charge in [0, 0.05) is 43.3 Å². The maximum absolute atomic E-state index is 12.9. The van der Waals surface area contributed by atoms with Gasteiger partial charge in [0.1, 0.15) is 10.7 Å². The Morgan fingerprint density at radius 1 is 1.32 bits per heavy atom. The summed E-state index contributed by atoms with van der Waals surface area (Å²) in [6.45, 7) is 7.47. The van der Waals surface area contributed by atoms with Gasteiger partial charge >= 0.3 is 0 Å². The summed E-state index contributed by atoms with van der Waals surface area (Å²) in [4.78, 5) is 23.8. The van der Waals surface area contributed by atoms with Crippen molar-refractivity contribution in [3.63, 3.8) is 0 Å². The van der Waals surface area contributed by atoms with E-state index >= 15 is 0 Å². The van der Waals surface area contributed by atoms with Crippen molar-refractivity contribution in [2.24, 2.45) is 0 Å². The van der Waals surface area contributed by atoms with Crippen LogP contribution in [0.3, 0.4) is 0 Å². The van der Waals surface area contributed by atoms with Gasteiger partial charge in [-0.25, -0.2) is 4.98 Å². The smallest absolute Gasteiger partial charge is 0.273 e. The first kappa shape index (κ1) is 17.9. The number of carbonyl (C=O) groups is 1. The lowest BCUT2D eigenvalue weighted by Gasteiger charge is -2.41. The molecule has 1 unspecified atom stereocenters. The molecule has 1 aliphatic rings. The van der Waals surface area contributed by atoms with Crippen molar-refractivity contribution in [2.75, 3.05) is 38.6 Å². The molecular formula is C19H26N4OS. The van der Waals surface area contributed by atoms with Crippen molar-refractivity contribution in [3.8, 4) is 0 Å². The molecule has 0 aliphatic carbocycles. The highest BCUT2D eigenvalue weighted by atomic mass is 32.1. The normalized spacial score (nSPS) is 18.0. The molecule has 1 saturated heterocycles. The van der Waals surface area contributed by atoms with Crippen molar-refractivity contribution >= 4 is 22.9 Å². The highest BCUT2D eigenvalue weighted by molar-refractivity contribution is 7.09. The quantitative estimate of drug-likeness (QED) is 0.843. The van der Waals surface area contributed by atoms with Crippen LogP contribution in [0.25, 0.3) is 0 Å². The Kier molecular flexibility index (Phi) is 5.39. The highest BCUT2D eigenvalue weighted by Crippen LogP contribution is 2.24. The topological polar surface area (TPSA) is 39.7 Å². The average Bonchev–Trinajstić information content (AvgIpc) is 3.02. The molecule has 6 heteroatoms. The van der Waals surface area contributed by atoms with Gasteiger partial charge in [-0.2, -0.15) is 0 Å². The lowest BCUT2D eigenvalue weighted by molar-refractivity contribution is 0.0668. The zero-order chi connectivity index (χ0) is 18.0. The highest BCUT2D eigenvalue weighted by Gasteiger charge is 2.29. The number of nitrogens with zero attached hydrogens (tertiary/aromatic N) is 4. The molecule has 1 aromatic carbocycles. The van der Waals surface area contributed by atoms with Crippen LogP contribution in [0.5, 0.6) is 0 Å². The summed E-state index contributed by atoms with van der Waals surface area (Å²) in [5.41, 5.74) is 3.13. The first-order valence-electron chi connectivity index (χ1n) is 8.66. The molecular weight excluding hydrogens is 332 g/mol. The summed E-state index contributed by atoms with van der Waals surface area (Å²) in [6, 6.07) is 8.61. The summed E-state index contributed by atoms with van der Waals surface area (Å²) in [7, 11) is 4.02. The molecule has 1 fully saturated rings. The van der Waals surface area contributed by atoms with E-state index in [1.165, 1.54) is 11.3 Å². The fourth-order valence-corrected chi connectivity index (χ4v) is 4.18. The molecule has 2 aromatic rings. The predicted octanol–water partition coefficient (Wildman–Crippen LogP) is 2.86. The van der Waals surface area contributed by atoms with E-state index in [4.69, 9.17) is 0 Å². The maximum atomic E-state index is 12.9. The minimum atomic E-state index is 0.0539. The SMILES string of the molecule is Cc1ccccc1N1CCN(C(=O)c2csc(CN(C)C)n2)C(C)C1. The van der Waals surface area contributed by atoms with Crippen LogP contribution in [-0.4, -0.2) is 60.5 Å². The minimum absolute atomic E-state index is 0.0539. The number of hydrogen-bond acceptors (Lipinski definition) is 5. The van der Waals surface area contributed by atoms with Gasteiger partial charge in [-0.3, -0.25) is 4.79 Å². The van der Waals surface area contributed by atoms with Crippen molar-refractivity contribution < 1.29 is 4.79 Å². The standard InChI is InChI=1S/C19H26N4OS/c1-14-7-5-6-8-17(14)22-9-10-23(15(2)11-22)19(24)16-13-25-18(20-16)12-21(3)4/h5-8,13,15H,9-12H2,1-4H3. The molecule has 1 amide bonds. The molecule has 0 N–H and O–H groups in total. The van der Waals surface area contributed by atoms with E-state index in [9.17, 15) is 4.79 Å². The lowest BCUT2D eigenvalue weighted by atomic mass is 10.1. The molecule has 0 spiro atoms. The van der Waals surface area contributed by atoms with Gasteiger partial charge in [-0.15, -0.1) is 11.3 Å². The molecule has 0 saturated carbocycles. The van der Waals surface area contributed by atoms with Crippen LogP contribution in [0.15, 0.2) is 29.6 Å². The second-order valence-corrected chi connectivity index (χ2v) is 7.89. The van der Waals surface area contributed by atoms with E-state index in [1.807, 2.05) is 24.4 Å². The van der Waals surface area contributed by atoms with Crippen LogP contribution in [0.1, 0.15) is 28.0 Å². The first-order chi connectivity index (χ1) is 12.0. The summed E-state index contributed by atoms with van der Waals surface area (Å²) in [5.74, 6) is 0.0539. The second-order valence-electron chi connectivity index (χ2n) is 6.94. The number of benzene rings is 1. The number of amides is 1. The van der Waals surface area contributed by atoms with Gasteiger partial charge in [-0.05, 0) is 39.6 Å². The monoisotopic (exact) mass is 358 g/mol. The Morgan fingerprint density at radius 2 is 2.08 bits per heavy atom. The van der Waals surface area contributed by atoms with Crippen molar-refractivity contribution in [1.82, 2.24) is 14.8 Å². The van der Waals surface area contributed by atoms with Crippen LogP contribution in [0.4, 0.5) is 5.69 Å². The zero-order valence-corrected chi connectivity index (χ0v) is 16.2. The summed E-state index contributed by atoms with van der Waals surface area (Å²) in [5, 5.41) is 2.88. The number of thiazole rings is 1. The molecule has 3 rings (SSSR count). The molecule has 5 nitrogen and oxygen atoms in total. The second kappa shape index (κ2) is 7.54. The van der Waals surface area contributed by atoms with E-state index in [0.717, 1.165) is 31.2 Å². The van der Waals surface area contributed by atoms with Gasteiger partial charge < -0.3 is 14.7 Å². The summed E-state index contributed by atoms with van der Waals surface area (Å²) in [6.07, 6.45) is 0. The molecule has 0 bridgehead atoms. The van der Waals surface area contributed by atoms with Crippen molar-refractivity contribution in [2.45, 2.75) is 26.4 Å². The third-order valence-corrected chi connectivity index (χ3v) is 5.40. The number of rotatable bonds is 4. The predicted molar refractivity (Wildman–Crippen MR) is 103 cm³/mol. The zero-order valence-electron chi connectivity index (χ0n) is 15.4. The molecule has 1 aliphatic heterocycles. The molecule has 2 heterocycles. The molecule has 0 radical (unpaired) electrons. The number of para-hydroxylation sites is 1. The van der Waals surface area contributed by atoms with E-state index in [0.29, 0.717) is 5.69 Å². The van der Waals surface area contributed by atoms with E-state index in [1.54, 1.807) is 11.3 Å². The van der Waals surface area contributed by atoms with Crippen molar-refractivity contribution in [1.29, 1.82) is 0 Å². The Labute approximate surface area is 153 Å². The summed E-state index contributed by atoms with van der Waals surface area (Å²) < 4.78 is 0. The Balaban J connectivity index is 1.68. The number of aromatic nitrogens is 1.